The predicted octanol–water partition coefficient (Wildman–Crippen LogP) is 3.37. The number of rotatable bonds is 4. The minimum Gasteiger partial charge on any atom is -0.465 e. The fraction of sp³-hybridized carbons (Fsp3) is 0.556. The lowest BCUT2D eigenvalue weighted by Crippen LogP contribution is -2.47. The molecule has 0 spiro atoms. The fourth-order valence-corrected chi connectivity index (χ4v) is 4.28. The molecule has 1 saturated heterocycles. The molecule has 2 aromatic rings. The molecule has 3 N–H and O–H groups in total. The molecular formula is C18H25FN4O2S. The van der Waals surface area contributed by atoms with Crippen molar-refractivity contribution in [1.82, 2.24) is 9.27 Å². The predicted molar refractivity (Wildman–Crippen MR) is 102 cm³/mol. The molecule has 1 aromatic heterocycles. The number of nitrogens with two attached hydrogens (primary N) is 1. The van der Waals surface area contributed by atoms with Gasteiger partial charge in [-0.15, -0.1) is 0 Å². The molecule has 26 heavy (non-hydrogen) atoms. The maximum absolute atomic E-state index is 13.3. The van der Waals surface area contributed by atoms with E-state index in [4.69, 9.17) is 9.90 Å². The van der Waals surface area contributed by atoms with Crippen LogP contribution in [0.3, 0.4) is 0 Å². The van der Waals surface area contributed by atoms with Crippen molar-refractivity contribution in [2.75, 3.05) is 37.6 Å². The van der Waals surface area contributed by atoms with Crippen molar-refractivity contribution in [2.24, 2.45) is 11.7 Å². The van der Waals surface area contributed by atoms with Crippen LogP contribution in [0.1, 0.15) is 25.7 Å². The molecule has 1 amide bonds. The van der Waals surface area contributed by atoms with Gasteiger partial charge < -0.3 is 15.7 Å². The minimum absolute atomic E-state index is 0.177. The van der Waals surface area contributed by atoms with E-state index in [0.29, 0.717) is 0 Å². The van der Waals surface area contributed by atoms with Gasteiger partial charge in [-0.3, -0.25) is 4.90 Å². The van der Waals surface area contributed by atoms with Gasteiger partial charge in [0.05, 0.1) is 4.70 Å². The van der Waals surface area contributed by atoms with Gasteiger partial charge in [0.15, 0.2) is 0 Å². The number of hydrogen-bond donors (Lipinski definition) is 2. The Morgan fingerprint density at radius 2 is 2.00 bits per heavy atom. The van der Waals surface area contributed by atoms with Crippen LogP contribution < -0.4 is 10.6 Å². The zero-order chi connectivity index (χ0) is 18.5. The largest absolute Gasteiger partial charge is 0.465 e. The first-order valence-electron chi connectivity index (χ1n) is 9.03. The summed E-state index contributed by atoms with van der Waals surface area (Å²) in [6.45, 7) is 5.54. The third-order valence-corrected chi connectivity index (χ3v) is 5.96. The van der Waals surface area contributed by atoms with Crippen molar-refractivity contribution in [2.45, 2.75) is 25.7 Å². The molecule has 0 bridgehead atoms. The lowest BCUT2D eigenvalue weighted by atomic mass is 9.83. The molecule has 2 heterocycles. The van der Waals surface area contributed by atoms with Gasteiger partial charge in [0.25, 0.3) is 0 Å². The SMILES string of the molecule is Fc1ccc2c(N3CCN(CCC4CCC4)CC3)nsc2c1.NC(=O)O. The second kappa shape index (κ2) is 8.64. The van der Waals surface area contributed by atoms with E-state index in [1.807, 2.05) is 6.07 Å². The van der Waals surface area contributed by atoms with E-state index in [2.05, 4.69) is 19.9 Å². The summed E-state index contributed by atoms with van der Waals surface area (Å²) >= 11 is 1.40. The van der Waals surface area contributed by atoms with Gasteiger partial charge in [0.2, 0.25) is 0 Å². The van der Waals surface area contributed by atoms with Crippen molar-refractivity contribution in [3.05, 3.63) is 24.0 Å². The molecule has 1 aromatic carbocycles. The van der Waals surface area contributed by atoms with Crippen molar-refractivity contribution in [1.29, 1.82) is 0 Å². The molecule has 2 aliphatic rings. The summed E-state index contributed by atoms with van der Waals surface area (Å²) in [4.78, 5) is 13.7. The van der Waals surface area contributed by atoms with Gasteiger partial charge in [0.1, 0.15) is 11.6 Å². The molecule has 4 rings (SSSR count). The number of nitrogens with zero attached hydrogens (tertiary/aromatic N) is 3. The standard InChI is InChI=1S/C17H22FN3S.CH3NO2/c18-14-4-5-15-16(12-14)22-19-17(15)21-10-8-20(9-11-21)7-6-13-2-1-3-13;2-1(3)4/h4-5,12-13H,1-3,6-11H2;2H2,(H,3,4). The number of benzene rings is 1. The van der Waals surface area contributed by atoms with Gasteiger partial charge in [-0.05, 0) is 48.6 Å². The lowest BCUT2D eigenvalue weighted by molar-refractivity contribution is 0.205. The van der Waals surface area contributed by atoms with Crippen molar-refractivity contribution in [3.8, 4) is 0 Å². The Morgan fingerprint density at radius 1 is 1.31 bits per heavy atom. The number of fused-ring (bicyclic) bond motifs is 1. The fourth-order valence-electron chi connectivity index (χ4n) is 3.46. The van der Waals surface area contributed by atoms with E-state index in [-0.39, 0.29) is 5.82 Å². The summed E-state index contributed by atoms with van der Waals surface area (Å²) in [7, 11) is 0. The van der Waals surface area contributed by atoms with Crippen molar-refractivity contribution >= 4 is 33.5 Å². The number of amides is 1. The number of piperazine rings is 1. The molecule has 0 atom stereocenters. The van der Waals surface area contributed by atoms with E-state index >= 15 is 0 Å². The highest BCUT2D eigenvalue weighted by atomic mass is 32.1. The zero-order valence-electron chi connectivity index (χ0n) is 14.7. The van der Waals surface area contributed by atoms with Crippen LogP contribution in [0, 0.1) is 11.7 Å². The van der Waals surface area contributed by atoms with Crippen LogP contribution in [0.25, 0.3) is 10.1 Å². The van der Waals surface area contributed by atoms with Gasteiger partial charge in [-0.1, -0.05) is 19.3 Å². The van der Waals surface area contributed by atoms with Crippen LogP contribution in [-0.4, -0.2) is 53.2 Å². The molecule has 1 aliphatic heterocycles. The summed E-state index contributed by atoms with van der Waals surface area (Å²) in [5.74, 6) is 1.86. The second-order valence-electron chi connectivity index (χ2n) is 6.90. The number of carboxylic acid groups (broad SMARTS) is 1. The van der Waals surface area contributed by atoms with Crippen LogP contribution in [0.15, 0.2) is 18.2 Å². The number of carbonyl (C=O) groups is 1. The topological polar surface area (TPSA) is 82.7 Å². The summed E-state index contributed by atoms with van der Waals surface area (Å²) in [6, 6.07) is 4.99. The van der Waals surface area contributed by atoms with Crippen LogP contribution in [0.5, 0.6) is 0 Å². The molecule has 2 fully saturated rings. The first-order chi connectivity index (χ1) is 12.5. The summed E-state index contributed by atoms with van der Waals surface area (Å²) < 4.78 is 18.8. The summed E-state index contributed by atoms with van der Waals surface area (Å²) in [5, 5.41) is 8.29. The Balaban J connectivity index is 0.000000447. The monoisotopic (exact) mass is 380 g/mol. The van der Waals surface area contributed by atoms with Crippen LogP contribution in [-0.2, 0) is 0 Å². The van der Waals surface area contributed by atoms with E-state index in [1.165, 1.54) is 49.8 Å². The van der Waals surface area contributed by atoms with Gasteiger partial charge in [0, 0.05) is 31.6 Å². The van der Waals surface area contributed by atoms with Crippen molar-refractivity contribution in [3.63, 3.8) is 0 Å². The Labute approximate surface area is 156 Å². The average Bonchev–Trinajstić information content (AvgIpc) is 2.96. The highest BCUT2D eigenvalue weighted by Crippen LogP contribution is 2.31. The highest BCUT2D eigenvalue weighted by Gasteiger charge is 2.23. The molecule has 0 radical (unpaired) electrons. The normalized spacial score (nSPS) is 18.3. The van der Waals surface area contributed by atoms with E-state index in [1.54, 1.807) is 6.07 Å². The van der Waals surface area contributed by atoms with Crippen molar-refractivity contribution < 1.29 is 14.3 Å². The molecular weight excluding hydrogens is 355 g/mol. The first kappa shape index (κ1) is 18.8. The smallest absolute Gasteiger partial charge is 0.402 e. The molecule has 8 heteroatoms. The van der Waals surface area contributed by atoms with E-state index in [0.717, 1.165) is 48.0 Å². The molecule has 142 valence electrons. The Bertz CT molecular complexity index is 738. The third kappa shape index (κ3) is 4.82. The number of hydrogen-bond acceptors (Lipinski definition) is 5. The lowest BCUT2D eigenvalue weighted by Gasteiger charge is -2.36. The maximum Gasteiger partial charge on any atom is 0.402 e. The zero-order valence-corrected chi connectivity index (χ0v) is 15.6. The highest BCUT2D eigenvalue weighted by molar-refractivity contribution is 7.13. The maximum atomic E-state index is 13.3. The number of primary amides is 1. The molecule has 1 aliphatic carbocycles. The number of anilines is 1. The Hall–Kier alpha value is -1.93. The summed E-state index contributed by atoms with van der Waals surface area (Å²) in [6.07, 6.45) is 4.37. The quantitative estimate of drug-likeness (QED) is 0.850. The minimum atomic E-state index is -1.33. The average molecular weight is 380 g/mol. The van der Waals surface area contributed by atoms with Crippen LogP contribution in [0.4, 0.5) is 15.0 Å². The number of halogens is 1. The second-order valence-corrected chi connectivity index (χ2v) is 7.70. The Morgan fingerprint density at radius 3 is 2.62 bits per heavy atom. The van der Waals surface area contributed by atoms with E-state index in [9.17, 15) is 4.39 Å². The van der Waals surface area contributed by atoms with E-state index < -0.39 is 6.09 Å². The summed E-state index contributed by atoms with van der Waals surface area (Å²) in [5.41, 5.74) is 4.03. The third-order valence-electron chi connectivity index (χ3n) is 5.17. The van der Waals surface area contributed by atoms with Gasteiger partial charge >= 0.3 is 6.09 Å². The van der Waals surface area contributed by atoms with Crippen LogP contribution >= 0.6 is 11.5 Å². The van der Waals surface area contributed by atoms with Gasteiger partial charge in [-0.2, -0.15) is 4.37 Å². The molecule has 0 unspecified atom stereocenters. The van der Waals surface area contributed by atoms with Gasteiger partial charge in [-0.25, -0.2) is 9.18 Å². The molecule has 1 saturated carbocycles. The number of aromatic nitrogens is 1. The molecule has 6 nitrogen and oxygen atoms in total. The first-order valence-corrected chi connectivity index (χ1v) is 9.81. The Kier molecular flexibility index (Phi) is 6.26. The van der Waals surface area contributed by atoms with Crippen LogP contribution in [0.2, 0.25) is 0 Å².